The quantitative estimate of drug-likeness (QED) is 0.418. The van der Waals surface area contributed by atoms with E-state index >= 15 is 0 Å². The summed E-state index contributed by atoms with van der Waals surface area (Å²) in [6.07, 6.45) is 5.24. The van der Waals surface area contributed by atoms with E-state index in [0.29, 0.717) is 25.0 Å². The Morgan fingerprint density at radius 2 is 1.91 bits per heavy atom. The van der Waals surface area contributed by atoms with E-state index in [-0.39, 0.29) is 38.3 Å². The molecule has 1 aromatic carbocycles. The molecule has 1 fully saturated rings. The molecule has 0 unspecified atom stereocenters. The zero-order valence-corrected chi connectivity index (χ0v) is 20.1. The van der Waals surface area contributed by atoms with Crippen LogP contribution in [0.3, 0.4) is 0 Å². The van der Waals surface area contributed by atoms with Gasteiger partial charge in [-0.25, -0.2) is 9.59 Å². The average molecular weight is 478 g/mol. The third-order valence-electron chi connectivity index (χ3n) is 5.98. The Morgan fingerprint density at radius 1 is 1.18 bits per heavy atom. The topological polar surface area (TPSA) is 99.2 Å². The number of likely N-dealkylation sites (tertiary alicyclic amines) is 1. The Balaban J connectivity index is 1.81. The van der Waals surface area contributed by atoms with Crippen LogP contribution in [0.1, 0.15) is 32.3 Å². The summed E-state index contributed by atoms with van der Waals surface area (Å²) in [5, 5.41) is 0. The number of carbonyl (C=O) groups is 2. The van der Waals surface area contributed by atoms with E-state index in [9.17, 15) is 18.0 Å². The number of ether oxygens (including phenoxy) is 2. The lowest BCUT2D eigenvalue weighted by molar-refractivity contribution is -0.140. The second-order valence-electron chi connectivity index (χ2n) is 8.52. The van der Waals surface area contributed by atoms with Crippen molar-refractivity contribution in [1.82, 2.24) is 4.90 Å². The first-order valence-corrected chi connectivity index (χ1v) is 12.8. The Kier molecular flexibility index (Phi) is 7.97. The van der Waals surface area contributed by atoms with E-state index in [1.54, 1.807) is 11.8 Å². The van der Waals surface area contributed by atoms with Crippen LogP contribution in [0.2, 0.25) is 0 Å². The fourth-order valence-corrected chi connectivity index (χ4v) is 5.05. The Labute approximate surface area is 195 Å². The molecule has 2 aliphatic rings. The number of hydrogen-bond acceptors (Lipinski definition) is 7. The van der Waals surface area contributed by atoms with Gasteiger partial charge in [-0.2, -0.15) is 8.42 Å². The van der Waals surface area contributed by atoms with E-state index in [1.165, 1.54) is 0 Å². The second kappa shape index (κ2) is 10.5. The molecular weight excluding hydrogens is 446 g/mol. The highest BCUT2D eigenvalue weighted by Crippen LogP contribution is 2.48. The molecule has 1 saturated heterocycles. The molecule has 9 heteroatoms. The number of carbonyl (C=O) groups excluding carboxylic acids is 2. The monoisotopic (exact) mass is 477 g/mol. The summed E-state index contributed by atoms with van der Waals surface area (Å²) in [6, 6.07) is 9.42. The smallest absolute Gasteiger partial charge is 0.410 e. The lowest BCUT2D eigenvalue weighted by Crippen LogP contribution is -2.52. The van der Waals surface area contributed by atoms with E-state index in [4.69, 9.17) is 13.7 Å². The molecule has 0 radical (unpaired) electrons. The Hall–Kier alpha value is -2.65. The first-order chi connectivity index (χ1) is 15.6. The van der Waals surface area contributed by atoms with Crippen molar-refractivity contribution in [2.75, 3.05) is 32.6 Å². The van der Waals surface area contributed by atoms with Crippen molar-refractivity contribution in [3.63, 3.8) is 0 Å². The molecule has 180 valence electrons. The van der Waals surface area contributed by atoms with E-state index in [0.717, 1.165) is 17.4 Å². The molecule has 3 rings (SSSR count). The van der Waals surface area contributed by atoms with E-state index < -0.39 is 21.6 Å². The average Bonchev–Trinajstić information content (AvgIpc) is 2.76. The second-order valence-corrected chi connectivity index (χ2v) is 10.2. The van der Waals surface area contributed by atoms with Crippen molar-refractivity contribution in [3.05, 3.63) is 59.2 Å². The van der Waals surface area contributed by atoms with Gasteiger partial charge >= 0.3 is 12.1 Å². The van der Waals surface area contributed by atoms with Gasteiger partial charge in [-0.15, -0.1) is 0 Å². The summed E-state index contributed by atoms with van der Waals surface area (Å²) in [4.78, 5) is 27.2. The van der Waals surface area contributed by atoms with Gasteiger partial charge in [0.25, 0.3) is 10.1 Å². The van der Waals surface area contributed by atoms with Crippen molar-refractivity contribution in [2.24, 2.45) is 11.3 Å². The fraction of sp³-hybridized carbons (Fsp3) is 0.500. The molecule has 33 heavy (non-hydrogen) atoms. The van der Waals surface area contributed by atoms with Gasteiger partial charge in [0.1, 0.15) is 6.61 Å². The number of benzene rings is 1. The molecule has 2 atom stereocenters. The third-order valence-corrected chi connectivity index (χ3v) is 6.57. The number of hydrogen-bond donors (Lipinski definition) is 0. The summed E-state index contributed by atoms with van der Waals surface area (Å²) in [5.41, 5.74) is 1.62. The largest absolute Gasteiger partial charge is 0.463 e. The fourth-order valence-electron chi connectivity index (χ4n) is 4.66. The number of amides is 1. The summed E-state index contributed by atoms with van der Waals surface area (Å²) in [5.74, 6) is -0.606. The lowest BCUT2D eigenvalue weighted by Gasteiger charge is -2.48. The van der Waals surface area contributed by atoms with Gasteiger partial charge in [-0.05, 0) is 38.3 Å². The summed E-state index contributed by atoms with van der Waals surface area (Å²) < 4.78 is 38.9. The van der Waals surface area contributed by atoms with Gasteiger partial charge in [-0.1, -0.05) is 42.0 Å². The van der Waals surface area contributed by atoms with Crippen LogP contribution in [-0.2, 0) is 35.2 Å². The maximum atomic E-state index is 12.9. The minimum Gasteiger partial charge on any atom is -0.463 e. The molecule has 8 nitrogen and oxygen atoms in total. The predicted molar refractivity (Wildman–Crippen MR) is 123 cm³/mol. The first kappa shape index (κ1) is 25.0. The minimum absolute atomic E-state index is 0.0535. The molecule has 1 aromatic rings. The van der Waals surface area contributed by atoms with Gasteiger partial charge in [0, 0.05) is 30.0 Å². The highest BCUT2D eigenvalue weighted by atomic mass is 32.2. The molecule has 0 N–H and O–H groups in total. The van der Waals surface area contributed by atoms with E-state index in [2.05, 4.69) is 0 Å². The van der Waals surface area contributed by atoms with Gasteiger partial charge < -0.3 is 14.4 Å². The first-order valence-electron chi connectivity index (χ1n) is 11.0. The van der Waals surface area contributed by atoms with Crippen molar-refractivity contribution >= 4 is 22.2 Å². The van der Waals surface area contributed by atoms with Crippen LogP contribution in [-0.4, -0.2) is 57.9 Å². The molecule has 1 aliphatic heterocycles. The van der Waals surface area contributed by atoms with Crippen LogP contribution < -0.4 is 0 Å². The lowest BCUT2D eigenvalue weighted by atomic mass is 9.62. The summed E-state index contributed by atoms with van der Waals surface area (Å²) in [7, 11) is -3.62. The molecule has 1 heterocycles. The summed E-state index contributed by atoms with van der Waals surface area (Å²) in [6.45, 7) is 4.69. The van der Waals surface area contributed by atoms with Gasteiger partial charge in [0.2, 0.25) is 0 Å². The van der Waals surface area contributed by atoms with Crippen LogP contribution in [0.15, 0.2) is 53.6 Å². The van der Waals surface area contributed by atoms with Gasteiger partial charge in [0.05, 0.1) is 19.5 Å². The number of nitrogens with zero attached hydrogens (tertiary/aromatic N) is 1. The highest BCUT2D eigenvalue weighted by molar-refractivity contribution is 7.85. The third kappa shape index (κ3) is 6.45. The molecular formula is C24H31NO7S. The van der Waals surface area contributed by atoms with Crippen LogP contribution in [0.4, 0.5) is 4.79 Å². The number of esters is 1. The van der Waals surface area contributed by atoms with Crippen molar-refractivity contribution in [1.29, 1.82) is 0 Å². The summed E-state index contributed by atoms with van der Waals surface area (Å²) >= 11 is 0. The van der Waals surface area contributed by atoms with Crippen molar-refractivity contribution in [2.45, 2.75) is 33.3 Å². The van der Waals surface area contributed by atoms with Gasteiger partial charge in [-0.3, -0.25) is 4.18 Å². The van der Waals surface area contributed by atoms with Crippen LogP contribution in [0.5, 0.6) is 0 Å². The minimum atomic E-state index is -3.62. The van der Waals surface area contributed by atoms with Crippen LogP contribution in [0, 0.1) is 11.3 Å². The normalized spacial score (nSPS) is 22.6. The maximum Gasteiger partial charge on any atom is 0.410 e. The van der Waals surface area contributed by atoms with Crippen LogP contribution >= 0.6 is 0 Å². The Bertz CT molecular complexity index is 1030. The molecule has 0 bridgehead atoms. The number of rotatable bonds is 8. The number of piperidine rings is 1. The Morgan fingerprint density at radius 3 is 2.58 bits per heavy atom. The highest BCUT2D eigenvalue weighted by Gasteiger charge is 2.48. The van der Waals surface area contributed by atoms with E-state index in [1.807, 2.05) is 49.4 Å². The number of allylic oxidation sites excluding steroid dienone is 2. The zero-order chi connectivity index (χ0) is 24.1. The molecule has 0 spiro atoms. The SMILES string of the molecule is CCOC(=O)C1=CC(C)=C[C@@]2(CCOS(C)(=O)=O)CN(C(=O)OCc3ccccc3)CC[C@@H]12. The molecule has 0 saturated carbocycles. The zero-order valence-electron chi connectivity index (χ0n) is 19.3. The molecule has 1 amide bonds. The maximum absolute atomic E-state index is 12.9. The molecule has 0 aromatic heterocycles. The van der Waals surface area contributed by atoms with Gasteiger partial charge in [0.15, 0.2) is 0 Å². The van der Waals surface area contributed by atoms with Crippen LogP contribution in [0.25, 0.3) is 0 Å². The van der Waals surface area contributed by atoms with Crippen molar-refractivity contribution < 1.29 is 31.7 Å². The molecule has 1 aliphatic carbocycles. The van der Waals surface area contributed by atoms with Crippen molar-refractivity contribution in [3.8, 4) is 0 Å². The predicted octanol–water partition coefficient (Wildman–Crippen LogP) is 3.45. The standard InChI is InChI=1S/C24H31NO7S/c1-4-30-22(26)20-14-18(2)15-24(11-13-32-33(3,28)29)17-25(12-10-21(20)24)23(27)31-16-19-8-6-5-7-9-19/h5-9,14-15,21H,4,10-13,16-17H2,1-3H3/t21-,24-/m0/s1. The number of fused-ring (bicyclic) bond motifs is 1.